The summed E-state index contributed by atoms with van der Waals surface area (Å²) in [5.74, 6) is 1.40. The molecule has 2 aliphatic rings. The van der Waals surface area contributed by atoms with Gasteiger partial charge in [-0.25, -0.2) is 0 Å². The van der Waals surface area contributed by atoms with E-state index in [-0.39, 0.29) is 5.91 Å². The van der Waals surface area contributed by atoms with Crippen LogP contribution in [-0.4, -0.2) is 25.0 Å². The van der Waals surface area contributed by atoms with E-state index >= 15 is 0 Å². The highest BCUT2D eigenvalue weighted by Crippen LogP contribution is 2.41. The monoisotopic (exact) mass is 250 g/mol. The standard InChI is InChI=1S/C13H15ClN2O/c14-11-4-2-1-3-8(11)5-12(17)16-13-9-6-15-7-10(9)13/h1-4,9-10,13,15H,5-7H2,(H,16,17). The lowest BCUT2D eigenvalue weighted by molar-refractivity contribution is -0.120. The van der Waals surface area contributed by atoms with E-state index in [1.807, 2.05) is 24.3 Å². The number of nitrogens with one attached hydrogen (secondary N) is 2. The molecule has 1 heterocycles. The van der Waals surface area contributed by atoms with E-state index in [4.69, 9.17) is 11.6 Å². The maximum Gasteiger partial charge on any atom is 0.224 e. The van der Waals surface area contributed by atoms with Crippen molar-refractivity contribution in [3.63, 3.8) is 0 Å². The largest absolute Gasteiger partial charge is 0.352 e. The SMILES string of the molecule is O=C(Cc1ccccc1Cl)NC1C2CNCC21. The first-order valence-electron chi connectivity index (χ1n) is 5.99. The molecule has 1 saturated carbocycles. The molecule has 1 aromatic carbocycles. The van der Waals surface area contributed by atoms with Crippen molar-refractivity contribution in [3.05, 3.63) is 34.9 Å². The van der Waals surface area contributed by atoms with Crippen molar-refractivity contribution in [2.24, 2.45) is 11.8 Å². The van der Waals surface area contributed by atoms with Crippen LogP contribution in [0.2, 0.25) is 5.02 Å². The topological polar surface area (TPSA) is 41.1 Å². The molecule has 17 heavy (non-hydrogen) atoms. The van der Waals surface area contributed by atoms with Crippen LogP contribution in [0.5, 0.6) is 0 Å². The average Bonchev–Trinajstić information content (AvgIpc) is 2.76. The zero-order valence-electron chi connectivity index (χ0n) is 9.45. The quantitative estimate of drug-likeness (QED) is 0.847. The van der Waals surface area contributed by atoms with Crippen LogP contribution in [0, 0.1) is 11.8 Å². The Hall–Kier alpha value is -1.06. The number of benzene rings is 1. The number of rotatable bonds is 3. The van der Waals surface area contributed by atoms with Gasteiger partial charge in [0.05, 0.1) is 6.42 Å². The van der Waals surface area contributed by atoms with Gasteiger partial charge < -0.3 is 10.6 Å². The van der Waals surface area contributed by atoms with Gasteiger partial charge in [-0.15, -0.1) is 0 Å². The Morgan fingerprint density at radius 2 is 2.06 bits per heavy atom. The van der Waals surface area contributed by atoms with Crippen molar-refractivity contribution in [2.45, 2.75) is 12.5 Å². The van der Waals surface area contributed by atoms with Gasteiger partial charge in [0.25, 0.3) is 0 Å². The molecule has 3 nitrogen and oxygen atoms in total. The Morgan fingerprint density at radius 3 is 2.76 bits per heavy atom. The number of hydrogen-bond acceptors (Lipinski definition) is 2. The van der Waals surface area contributed by atoms with Gasteiger partial charge in [0.1, 0.15) is 0 Å². The Morgan fingerprint density at radius 1 is 1.35 bits per heavy atom. The van der Waals surface area contributed by atoms with Gasteiger partial charge in [-0.3, -0.25) is 4.79 Å². The second-order valence-electron chi connectivity index (χ2n) is 4.85. The first-order chi connectivity index (χ1) is 8.25. The van der Waals surface area contributed by atoms with Crippen LogP contribution in [0.3, 0.4) is 0 Å². The lowest BCUT2D eigenvalue weighted by Gasteiger charge is -2.08. The van der Waals surface area contributed by atoms with E-state index in [1.54, 1.807) is 0 Å². The number of carbonyl (C=O) groups is 1. The van der Waals surface area contributed by atoms with Gasteiger partial charge in [-0.2, -0.15) is 0 Å². The third-order valence-electron chi connectivity index (χ3n) is 3.73. The van der Waals surface area contributed by atoms with Crippen molar-refractivity contribution in [1.29, 1.82) is 0 Å². The number of fused-ring (bicyclic) bond motifs is 1. The Bertz CT molecular complexity index is 439. The average molecular weight is 251 g/mol. The van der Waals surface area contributed by atoms with Gasteiger partial charge in [-0.05, 0) is 23.5 Å². The van der Waals surface area contributed by atoms with Crippen LogP contribution in [0.1, 0.15) is 5.56 Å². The first-order valence-corrected chi connectivity index (χ1v) is 6.37. The summed E-state index contributed by atoms with van der Waals surface area (Å²) in [6.07, 6.45) is 0.378. The molecule has 1 aliphatic heterocycles. The van der Waals surface area contributed by atoms with Crippen LogP contribution in [0.25, 0.3) is 0 Å². The summed E-state index contributed by atoms with van der Waals surface area (Å²) in [5, 5.41) is 7.07. The van der Waals surface area contributed by atoms with E-state index in [0.717, 1.165) is 18.7 Å². The van der Waals surface area contributed by atoms with Crippen molar-refractivity contribution >= 4 is 17.5 Å². The number of hydrogen-bond donors (Lipinski definition) is 2. The predicted octanol–water partition coefficient (Wildman–Crippen LogP) is 1.22. The molecule has 1 aliphatic carbocycles. The fourth-order valence-electron chi connectivity index (χ4n) is 2.68. The molecule has 0 radical (unpaired) electrons. The number of halogens is 1. The molecular formula is C13H15ClN2O. The molecular weight excluding hydrogens is 236 g/mol. The number of carbonyl (C=O) groups excluding carboxylic acids is 1. The minimum Gasteiger partial charge on any atom is -0.352 e. The van der Waals surface area contributed by atoms with E-state index in [9.17, 15) is 4.79 Å². The third-order valence-corrected chi connectivity index (χ3v) is 4.10. The van der Waals surface area contributed by atoms with Crippen LogP contribution < -0.4 is 10.6 Å². The van der Waals surface area contributed by atoms with Crippen LogP contribution in [-0.2, 0) is 11.2 Å². The van der Waals surface area contributed by atoms with E-state index in [0.29, 0.717) is 29.3 Å². The summed E-state index contributed by atoms with van der Waals surface area (Å²) in [5.41, 5.74) is 0.899. The smallest absolute Gasteiger partial charge is 0.224 e. The molecule has 3 rings (SSSR count). The molecule has 0 bridgehead atoms. The van der Waals surface area contributed by atoms with Gasteiger partial charge in [-0.1, -0.05) is 29.8 Å². The highest BCUT2D eigenvalue weighted by molar-refractivity contribution is 6.31. The molecule has 0 aromatic heterocycles. The maximum absolute atomic E-state index is 11.9. The molecule has 90 valence electrons. The summed E-state index contributed by atoms with van der Waals surface area (Å²) in [4.78, 5) is 11.9. The number of piperidine rings is 1. The molecule has 1 aromatic rings. The van der Waals surface area contributed by atoms with Crippen molar-refractivity contribution in [3.8, 4) is 0 Å². The van der Waals surface area contributed by atoms with Crippen LogP contribution >= 0.6 is 11.6 Å². The van der Waals surface area contributed by atoms with Gasteiger partial charge >= 0.3 is 0 Å². The second kappa shape index (κ2) is 4.31. The minimum absolute atomic E-state index is 0.0810. The molecule has 2 N–H and O–H groups in total. The molecule has 1 amide bonds. The lowest BCUT2D eigenvalue weighted by Crippen LogP contribution is -2.33. The maximum atomic E-state index is 11.9. The van der Waals surface area contributed by atoms with E-state index < -0.39 is 0 Å². The Kier molecular flexibility index (Phi) is 2.81. The summed E-state index contributed by atoms with van der Waals surface area (Å²) in [7, 11) is 0. The molecule has 2 fully saturated rings. The van der Waals surface area contributed by atoms with Crippen molar-refractivity contribution in [2.75, 3.05) is 13.1 Å². The zero-order valence-corrected chi connectivity index (χ0v) is 10.2. The van der Waals surface area contributed by atoms with Crippen molar-refractivity contribution in [1.82, 2.24) is 10.6 Å². The van der Waals surface area contributed by atoms with Crippen LogP contribution in [0.15, 0.2) is 24.3 Å². The zero-order chi connectivity index (χ0) is 11.8. The van der Waals surface area contributed by atoms with Crippen molar-refractivity contribution < 1.29 is 4.79 Å². The summed E-state index contributed by atoms with van der Waals surface area (Å²) < 4.78 is 0. The number of amides is 1. The highest BCUT2D eigenvalue weighted by atomic mass is 35.5. The van der Waals surface area contributed by atoms with Gasteiger partial charge in [0, 0.05) is 24.2 Å². The van der Waals surface area contributed by atoms with Gasteiger partial charge in [0.15, 0.2) is 0 Å². The third kappa shape index (κ3) is 2.17. The highest BCUT2D eigenvalue weighted by Gasteiger charge is 2.53. The van der Waals surface area contributed by atoms with Crippen LogP contribution in [0.4, 0.5) is 0 Å². The summed E-state index contributed by atoms with van der Waals surface area (Å²) >= 11 is 6.03. The summed E-state index contributed by atoms with van der Waals surface area (Å²) in [6, 6.07) is 7.90. The Labute approximate surface area is 106 Å². The first kappa shape index (κ1) is 11.1. The fourth-order valence-corrected chi connectivity index (χ4v) is 2.89. The molecule has 2 unspecified atom stereocenters. The predicted molar refractivity (Wildman–Crippen MR) is 66.9 cm³/mol. The molecule has 2 atom stereocenters. The molecule has 0 spiro atoms. The summed E-state index contributed by atoms with van der Waals surface area (Å²) in [6.45, 7) is 2.09. The Balaban J connectivity index is 1.56. The second-order valence-corrected chi connectivity index (χ2v) is 5.25. The van der Waals surface area contributed by atoms with E-state index in [1.165, 1.54) is 0 Å². The lowest BCUT2D eigenvalue weighted by atomic mass is 10.1. The fraction of sp³-hybridized carbons (Fsp3) is 0.462. The molecule has 1 saturated heterocycles. The van der Waals surface area contributed by atoms with Gasteiger partial charge in [0.2, 0.25) is 5.91 Å². The molecule has 4 heteroatoms. The van der Waals surface area contributed by atoms with E-state index in [2.05, 4.69) is 10.6 Å². The normalized spacial score (nSPS) is 29.8. The minimum atomic E-state index is 0.0810.